The predicted molar refractivity (Wildman–Crippen MR) is 109 cm³/mol. The second kappa shape index (κ2) is 8.53. The van der Waals surface area contributed by atoms with Gasteiger partial charge in [-0.3, -0.25) is 0 Å². The third-order valence-electron chi connectivity index (χ3n) is 5.52. The Morgan fingerprint density at radius 3 is 2.23 bits per heavy atom. The van der Waals surface area contributed by atoms with Crippen LogP contribution in [0.4, 0.5) is 9.59 Å². The van der Waals surface area contributed by atoms with Gasteiger partial charge in [-0.1, -0.05) is 30.3 Å². The lowest BCUT2D eigenvalue weighted by Gasteiger charge is -2.44. The van der Waals surface area contributed by atoms with E-state index < -0.39 is 23.2 Å². The molecule has 2 fully saturated rings. The molecule has 30 heavy (non-hydrogen) atoms. The second-order valence-electron chi connectivity index (χ2n) is 8.94. The third kappa shape index (κ3) is 4.86. The Morgan fingerprint density at radius 1 is 1.10 bits per heavy atom. The topological polar surface area (TPSA) is 94.2 Å². The minimum atomic E-state index is -1.23. The van der Waals surface area contributed by atoms with E-state index in [0.717, 1.165) is 18.4 Å². The molecule has 2 amide bonds. The first-order chi connectivity index (χ1) is 14.1. The van der Waals surface area contributed by atoms with Crippen LogP contribution in [0.25, 0.3) is 0 Å². The number of carbonyl (C=O) groups excluding carboxylic acids is 3. The summed E-state index contributed by atoms with van der Waals surface area (Å²) in [7, 11) is 1.29. The molecule has 8 heteroatoms. The maximum absolute atomic E-state index is 12.7. The van der Waals surface area contributed by atoms with Crippen LogP contribution in [-0.4, -0.2) is 53.4 Å². The van der Waals surface area contributed by atoms with E-state index >= 15 is 0 Å². The van der Waals surface area contributed by atoms with Gasteiger partial charge in [0.05, 0.1) is 7.11 Å². The van der Waals surface area contributed by atoms with Gasteiger partial charge in [0.1, 0.15) is 17.7 Å². The largest absolute Gasteiger partial charge is 0.467 e. The van der Waals surface area contributed by atoms with Crippen molar-refractivity contribution < 1.29 is 28.6 Å². The highest BCUT2D eigenvalue weighted by Gasteiger charge is 2.56. The number of benzene rings is 1. The number of rotatable bonds is 4. The van der Waals surface area contributed by atoms with Gasteiger partial charge in [-0.25, -0.2) is 14.4 Å². The van der Waals surface area contributed by atoms with Gasteiger partial charge in [-0.05, 0) is 39.2 Å². The zero-order chi connectivity index (χ0) is 21.9. The zero-order valence-electron chi connectivity index (χ0n) is 18.0. The van der Waals surface area contributed by atoms with Gasteiger partial charge in [0, 0.05) is 24.9 Å². The highest BCUT2D eigenvalue weighted by molar-refractivity contribution is 5.86. The highest BCUT2D eigenvalue weighted by atomic mass is 16.6. The molecule has 0 aliphatic carbocycles. The third-order valence-corrected chi connectivity index (χ3v) is 5.52. The average molecular weight is 418 g/mol. The number of fused-ring (bicyclic) bond motifs is 2. The van der Waals surface area contributed by atoms with E-state index in [0.29, 0.717) is 0 Å². The van der Waals surface area contributed by atoms with Gasteiger partial charge in [-0.15, -0.1) is 0 Å². The maximum Gasteiger partial charge on any atom is 0.410 e. The number of alkyl carbamates (subject to hydrolysis) is 1. The van der Waals surface area contributed by atoms with Gasteiger partial charge >= 0.3 is 18.2 Å². The quantitative estimate of drug-likeness (QED) is 0.595. The highest BCUT2D eigenvalue weighted by Crippen LogP contribution is 2.42. The number of carbonyl (C=O) groups is 3. The fourth-order valence-electron chi connectivity index (χ4n) is 4.33. The minimum Gasteiger partial charge on any atom is -0.467 e. The number of hydrogen-bond acceptors (Lipinski definition) is 6. The number of piperidine rings is 1. The summed E-state index contributed by atoms with van der Waals surface area (Å²) in [6, 6.07) is 8.86. The fraction of sp³-hybridized carbons (Fsp3) is 0.591. The van der Waals surface area contributed by atoms with Gasteiger partial charge in [-0.2, -0.15) is 0 Å². The molecule has 0 radical (unpaired) electrons. The molecule has 1 aromatic carbocycles. The zero-order valence-corrected chi connectivity index (χ0v) is 18.0. The summed E-state index contributed by atoms with van der Waals surface area (Å²) < 4.78 is 15.9. The molecule has 2 aliphatic heterocycles. The normalized spacial score (nSPS) is 25.4. The van der Waals surface area contributed by atoms with E-state index in [2.05, 4.69) is 5.32 Å². The lowest BCUT2D eigenvalue weighted by molar-refractivity contribution is -0.152. The maximum atomic E-state index is 12.7. The number of hydrogen-bond donors (Lipinski definition) is 1. The Kier molecular flexibility index (Phi) is 6.24. The predicted octanol–water partition coefficient (Wildman–Crippen LogP) is 3.39. The molecule has 2 aliphatic rings. The van der Waals surface area contributed by atoms with E-state index in [9.17, 15) is 14.4 Å². The van der Waals surface area contributed by atoms with Crippen molar-refractivity contribution in [2.45, 2.75) is 76.3 Å². The van der Waals surface area contributed by atoms with Crippen molar-refractivity contribution in [2.75, 3.05) is 7.11 Å². The summed E-state index contributed by atoms with van der Waals surface area (Å²) in [5.41, 5.74) is -0.987. The lowest BCUT2D eigenvalue weighted by atomic mass is 9.83. The minimum absolute atomic E-state index is 0.0980. The molecule has 0 saturated carbocycles. The summed E-state index contributed by atoms with van der Waals surface area (Å²) in [4.78, 5) is 39.6. The van der Waals surface area contributed by atoms with E-state index in [1.165, 1.54) is 7.11 Å². The summed E-state index contributed by atoms with van der Waals surface area (Å²) in [5.74, 6) is -0.528. The molecular formula is C22H30N2O6. The van der Waals surface area contributed by atoms with Crippen LogP contribution in [0, 0.1) is 0 Å². The van der Waals surface area contributed by atoms with E-state index in [-0.39, 0.29) is 37.6 Å². The molecule has 2 heterocycles. The van der Waals surface area contributed by atoms with Crippen LogP contribution < -0.4 is 5.32 Å². The summed E-state index contributed by atoms with van der Waals surface area (Å²) >= 11 is 0. The number of methoxy groups -OCH3 is 1. The Balaban J connectivity index is 1.70. The average Bonchev–Trinajstić information content (AvgIpc) is 2.97. The Labute approximate surface area is 176 Å². The first-order valence-corrected chi connectivity index (χ1v) is 10.2. The van der Waals surface area contributed by atoms with Gasteiger partial charge < -0.3 is 24.4 Å². The molecule has 8 nitrogen and oxygen atoms in total. The van der Waals surface area contributed by atoms with Crippen LogP contribution in [0.1, 0.15) is 52.0 Å². The fourth-order valence-corrected chi connectivity index (χ4v) is 4.33. The smallest absolute Gasteiger partial charge is 0.410 e. The summed E-state index contributed by atoms with van der Waals surface area (Å²) in [6.45, 7) is 5.56. The number of nitrogens with one attached hydrogen (secondary N) is 1. The van der Waals surface area contributed by atoms with Crippen molar-refractivity contribution >= 4 is 18.2 Å². The molecule has 2 atom stereocenters. The monoisotopic (exact) mass is 418 g/mol. The van der Waals surface area contributed by atoms with Crippen LogP contribution >= 0.6 is 0 Å². The first-order valence-electron chi connectivity index (χ1n) is 10.2. The molecule has 1 N–H and O–H groups in total. The number of amides is 2. The molecule has 2 saturated heterocycles. The van der Waals surface area contributed by atoms with Crippen molar-refractivity contribution in [1.82, 2.24) is 10.2 Å². The van der Waals surface area contributed by atoms with E-state index in [4.69, 9.17) is 14.2 Å². The Hall–Kier alpha value is -2.77. The second-order valence-corrected chi connectivity index (χ2v) is 8.94. The standard InChI is InChI=1S/C22H30N2O6/c1-21(2,3)30-20(27)24-16-10-11-17(24)13-22(12-16,18(25)28-4)23-19(26)29-14-15-8-6-5-7-9-15/h5-9,16-17H,10-14H2,1-4H3,(H,23,26). The molecule has 3 rings (SSSR count). The van der Waals surface area contributed by atoms with Crippen molar-refractivity contribution in [3.8, 4) is 0 Å². The summed E-state index contributed by atoms with van der Waals surface area (Å²) in [5, 5.41) is 2.75. The van der Waals surface area contributed by atoms with Crippen molar-refractivity contribution in [2.24, 2.45) is 0 Å². The van der Waals surface area contributed by atoms with Crippen LogP contribution in [0.2, 0.25) is 0 Å². The van der Waals surface area contributed by atoms with Crippen LogP contribution in [0.15, 0.2) is 30.3 Å². The van der Waals surface area contributed by atoms with Crippen molar-refractivity contribution in [1.29, 1.82) is 0 Å². The molecule has 2 unspecified atom stereocenters. The van der Waals surface area contributed by atoms with Crippen molar-refractivity contribution in [3.05, 3.63) is 35.9 Å². The van der Waals surface area contributed by atoms with Gasteiger partial charge in [0.15, 0.2) is 0 Å². The van der Waals surface area contributed by atoms with Gasteiger partial charge in [0.25, 0.3) is 0 Å². The summed E-state index contributed by atoms with van der Waals surface area (Å²) in [6.07, 6.45) is 0.924. The Morgan fingerprint density at radius 2 is 1.70 bits per heavy atom. The van der Waals surface area contributed by atoms with Crippen LogP contribution in [0.3, 0.4) is 0 Å². The van der Waals surface area contributed by atoms with E-state index in [1.54, 1.807) is 4.90 Å². The van der Waals surface area contributed by atoms with E-state index in [1.807, 2.05) is 51.1 Å². The molecular weight excluding hydrogens is 388 g/mol. The number of nitrogens with zero attached hydrogens (tertiary/aromatic N) is 1. The van der Waals surface area contributed by atoms with Gasteiger partial charge in [0.2, 0.25) is 0 Å². The van der Waals surface area contributed by atoms with Crippen LogP contribution in [0.5, 0.6) is 0 Å². The molecule has 0 spiro atoms. The molecule has 1 aromatic rings. The number of esters is 1. The number of ether oxygens (including phenoxy) is 3. The van der Waals surface area contributed by atoms with Crippen LogP contribution in [-0.2, 0) is 25.6 Å². The Bertz CT molecular complexity index is 775. The molecule has 164 valence electrons. The molecule has 2 bridgehead atoms. The molecule has 0 aromatic heterocycles. The van der Waals surface area contributed by atoms with Crippen molar-refractivity contribution in [3.63, 3.8) is 0 Å². The first kappa shape index (κ1) is 21.9. The SMILES string of the molecule is COC(=O)C1(NC(=O)OCc2ccccc2)CC2CCC(C1)N2C(=O)OC(C)(C)C. The lowest BCUT2D eigenvalue weighted by Crippen LogP contribution is -2.64.